The SMILES string of the molecule is CB(I)[SH](=S)=S. The van der Waals surface area contributed by atoms with Crippen LogP contribution in [0.4, 0.5) is 0 Å². The molecular weight excluding hydrogens is 246 g/mol. The zero-order valence-electron chi connectivity index (χ0n) is 3.22. The molecule has 0 aliphatic rings. The molecule has 0 aliphatic heterocycles. The quantitative estimate of drug-likeness (QED) is 0.415. The van der Waals surface area contributed by atoms with Gasteiger partial charge in [0.2, 0.25) is 0 Å². The fourth-order valence-electron chi connectivity index (χ4n) is 0. The van der Waals surface area contributed by atoms with Crippen molar-refractivity contribution < 1.29 is 0 Å². The molecule has 0 atom stereocenters. The largest absolute Gasteiger partial charge is 0.288 e. The molecular formula is CH4BIS3. The summed E-state index contributed by atoms with van der Waals surface area (Å²) in [4.78, 5) is 0. The van der Waals surface area contributed by atoms with Gasteiger partial charge < -0.3 is 0 Å². The van der Waals surface area contributed by atoms with Gasteiger partial charge in [0.25, 0.3) is 3.85 Å². The van der Waals surface area contributed by atoms with Crippen LogP contribution < -0.4 is 0 Å². The third-order valence-corrected chi connectivity index (χ3v) is 6.71. The topological polar surface area (TPSA) is 0 Å². The molecule has 0 saturated carbocycles. The lowest BCUT2D eigenvalue weighted by atomic mass is 10.2. The van der Waals surface area contributed by atoms with Crippen molar-refractivity contribution in [3.63, 3.8) is 0 Å². The summed E-state index contributed by atoms with van der Waals surface area (Å²) in [6, 6.07) is 0. The fourth-order valence-corrected chi connectivity index (χ4v) is 0. The van der Waals surface area contributed by atoms with Crippen molar-refractivity contribution in [2.45, 2.75) is 6.82 Å². The smallest absolute Gasteiger partial charge is 0.133 e. The summed E-state index contributed by atoms with van der Waals surface area (Å²) in [6.07, 6.45) is 0. The van der Waals surface area contributed by atoms with Gasteiger partial charge in [0, 0.05) is 0 Å². The van der Waals surface area contributed by atoms with E-state index in [1.807, 2.05) is 6.82 Å². The standard InChI is InChI=1S/CH4BIS3/c1-2(3)6(4)5/h6H,1H3. The molecule has 0 heterocycles. The van der Waals surface area contributed by atoms with Crippen molar-refractivity contribution >= 4 is 56.5 Å². The highest BCUT2D eigenvalue weighted by Crippen LogP contribution is 1.91. The van der Waals surface area contributed by atoms with E-state index in [2.05, 4.69) is 22.4 Å². The second-order valence-electron chi connectivity index (χ2n) is 0.859. The molecule has 0 aromatic rings. The van der Waals surface area contributed by atoms with Crippen molar-refractivity contribution in [1.82, 2.24) is 0 Å². The average Bonchev–Trinajstić information content (AvgIpc) is 1.36. The molecule has 0 aromatic carbocycles. The number of rotatable bonds is 1. The van der Waals surface area contributed by atoms with E-state index in [9.17, 15) is 0 Å². The monoisotopic (exact) mass is 250 g/mol. The van der Waals surface area contributed by atoms with Crippen molar-refractivity contribution in [1.29, 1.82) is 0 Å². The maximum Gasteiger partial charge on any atom is 0.288 e. The summed E-state index contributed by atoms with van der Waals surface area (Å²) in [5.41, 5.74) is 0. The van der Waals surface area contributed by atoms with Gasteiger partial charge in [-0.3, -0.25) is 0 Å². The van der Waals surface area contributed by atoms with Crippen molar-refractivity contribution in [3.05, 3.63) is 0 Å². The summed E-state index contributed by atoms with van der Waals surface area (Å²) in [5, 5.41) is 0. The highest BCUT2D eigenvalue weighted by Gasteiger charge is 1.93. The summed E-state index contributed by atoms with van der Waals surface area (Å²) >= 11 is 11.8. The van der Waals surface area contributed by atoms with Crippen LogP contribution >= 0.6 is 22.4 Å². The van der Waals surface area contributed by atoms with Gasteiger partial charge in [-0.1, -0.05) is 29.2 Å². The van der Waals surface area contributed by atoms with E-state index in [0.29, 0.717) is 3.85 Å². The molecule has 0 unspecified atom stereocenters. The third-order valence-electron chi connectivity index (χ3n) is 0.291. The van der Waals surface area contributed by atoms with Gasteiger partial charge in [-0.15, -0.1) is 30.2 Å². The summed E-state index contributed by atoms with van der Waals surface area (Å²) in [7, 11) is -0.506. The Labute approximate surface area is 62.8 Å². The molecule has 0 fully saturated rings. The molecule has 0 amide bonds. The Kier molecular flexibility index (Phi) is 4.51. The fraction of sp³-hybridized carbons (Fsp3) is 1.00. The van der Waals surface area contributed by atoms with Crippen LogP contribution in [-0.4, -0.2) is 3.85 Å². The van der Waals surface area contributed by atoms with E-state index in [1.165, 1.54) is 0 Å². The first-order valence-corrected chi connectivity index (χ1v) is 6.10. The molecule has 6 heavy (non-hydrogen) atoms. The van der Waals surface area contributed by atoms with Crippen LogP contribution in [0.2, 0.25) is 6.82 Å². The molecule has 0 nitrogen and oxygen atoms in total. The molecule has 0 rings (SSSR count). The Morgan fingerprint density at radius 1 is 1.67 bits per heavy atom. The Bertz CT molecular complexity index is 87.0. The van der Waals surface area contributed by atoms with E-state index in [4.69, 9.17) is 22.4 Å². The van der Waals surface area contributed by atoms with Crippen LogP contribution in [0, 0.1) is 0 Å². The Balaban J connectivity index is 3.57. The van der Waals surface area contributed by atoms with E-state index in [-0.39, 0.29) is 0 Å². The van der Waals surface area contributed by atoms with Gasteiger partial charge in [0.15, 0.2) is 0 Å². The maximum absolute atomic E-state index is 4.77. The zero-order valence-corrected chi connectivity index (χ0v) is 7.90. The van der Waals surface area contributed by atoms with Gasteiger partial charge in [0.05, 0.1) is 0 Å². The van der Waals surface area contributed by atoms with Gasteiger partial charge >= 0.3 is 0 Å². The molecule has 5 heteroatoms. The molecule has 0 radical (unpaired) electrons. The van der Waals surface area contributed by atoms with Crippen LogP contribution in [0.15, 0.2) is 0 Å². The van der Waals surface area contributed by atoms with Crippen LogP contribution in [0.25, 0.3) is 0 Å². The Hall–Kier alpha value is 1.58. The number of hydrogen-bond acceptors (Lipinski definition) is 2. The summed E-state index contributed by atoms with van der Waals surface area (Å²) in [6.45, 7) is 2.05. The Morgan fingerprint density at radius 2 is 1.83 bits per heavy atom. The molecule has 0 aliphatic carbocycles. The van der Waals surface area contributed by atoms with Gasteiger partial charge in [-0.25, -0.2) is 0 Å². The highest BCUT2D eigenvalue weighted by atomic mass is 127. The minimum absolute atomic E-state index is 0.506. The molecule has 36 valence electrons. The summed E-state index contributed by atoms with van der Waals surface area (Å²) < 4.78 is 0.516. The van der Waals surface area contributed by atoms with E-state index < -0.39 is 7.86 Å². The van der Waals surface area contributed by atoms with Crippen LogP contribution in [0.5, 0.6) is 0 Å². The minimum Gasteiger partial charge on any atom is -0.133 e. The first-order chi connectivity index (χ1) is 2.64. The first kappa shape index (κ1) is 7.58. The zero-order chi connectivity index (χ0) is 5.15. The summed E-state index contributed by atoms with van der Waals surface area (Å²) in [5.74, 6) is 0. The lowest BCUT2D eigenvalue weighted by molar-refractivity contribution is 2.37. The second kappa shape index (κ2) is 3.57. The van der Waals surface area contributed by atoms with Crippen LogP contribution in [0.3, 0.4) is 0 Å². The molecule has 0 N–H and O–H groups in total. The number of thiol groups is 1. The van der Waals surface area contributed by atoms with E-state index in [0.717, 1.165) is 0 Å². The lowest BCUT2D eigenvalue weighted by Gasteiger charge is -1.80. The maximum atomic E-state index is 4.77. The van der Waals surface area contributed by atoms with Crippen LogP contribution in [0.1, 0.15) is 0 Å². The normalized spacial score (nSPS) is 9.17. The molecule has 0 spiro atoms. The predicted molar refractivity (Wildman–Crippen MR) is 49.1 cm³/mol. The average molecular weight is 250 g/mol. The van der Waals surface area contributed by atoms with Crippen molar-refractivity contribution in [2.75, 3.05) is 0 Å². The van der Waals surface area contributed by atoms with Crippen molar-refractivity contribution in [3.8, 4) is 0 Å². The predicted octanol–water partition coefficient (Wildman–Crippen LogP) is 0.814. The van der Waals surface area contributed by atoms with Gasteiger partial charge in [0.1, 0.15) is 0 Å². The van der Waals surface area contributed by atoms with E-state index >= 15 is 0 Å². The third kappa shape index (κ3) is 3.76. The lowest BCUT2D eigenvalue weighted by Crippen LogP contribution is -1.92. The number of halogens is 1. The van der Waals surface area contributed by atoms with Crippen LogP contribution in [-0.2, 0) is 30.2 Å². The van der Waals surface area contributed by atoms with Gasteiger partial charge in [-0.05, 0) is 0 Å². The molecule has 0 aromatic heterocycles. The van der Waals surface area contributed by atoms with Crippen molar-refractivity contribution in [2.24, 2.45) is 0 Å². The molecule has 0 saturated heterocycles. The second-order valence-corrected chi connectivity index (χ2v) is 8.11. The highest BCUT2D eigenvalue weighted by molar-refractivity contribution is 14.1. The first-order valence-electron chi connectivity index (χ1n) is 1.42. The molecule has 0 bridgehead atoms. The Morgan fingerprint density at radius 3 is 1.83 bits per heavy atom. The van der Waals surface area contributed by atoms with E-state index in [1.54, 1.807) is 0 Å². The minimum atomic E-state index is -0.506. The number of hydrogen-bond donors (Lipinski definition) is 1. The van der Waals surface area contributed by atoms with Gasteiger partial charge in [-0.2, -0.15) is 0 Å².